The van der Waals surface area contributed by atoms with Crippen molar-refractivity contribution in [1.29, 1.82) is 0 Å². The molecular weight excluding hydrogens is 300 g/mol. The van der Waals surface area contributed by atoms with Crippen molar-refractivity contribution >= 4 is 5.91 Å². The summed E-state index contributed by atoms with van der Waals surface area (Å²) >= 11 is 0. The van der Waals surface area contributed by atoms with E-state index in [1.807, 2.05) is 41.3 Å². The molecular formula is C20H24N2O2. The predicted molar refractivity (Wildman–Crippen MR) is 95.2 cm³/mol. The highest BCUT2D eigenvalue weighted by Gasteiger charge is 2.29. The zero-order chi connectivity index (χ0) is 16.9. The van der Waals surface area contributed by atoms with Crippen LogP contribution in [0.1, 0.15) is 22.7 Å². The third kappa shape index (κ3) is 3.60. The third-order valence-corrected chi connectivity index (χ3v) is 4.54. The topological polar surface area (TPSA) is 41.6 Å². The molecule has 0 bridgehead atoms. The number of aryl methyl sites for hydroxylation is 1. The molecule has 1 fully saturated rings. The highest BCUT2D eigenvalue weighted by atomic mass is 16.5. The fourth-order valence-electron chi connectivity index (χ4n) is 3.20. The molecule has 0 aromatic heterocycles. The minimum atomic E-state index is 0.00727. The van der Waals surface area contributed by atoms with Gasteiger partial charge in [-0.1, -0.05) is 48.0 Å². The number of carbonyl (C=O) groups is 1. The fraction of sp³-hybridized carbons (Fsp3) is 0.350. The summed E-state index contributed by atoms with van der Waals surface area (Å²) in [5.41, 5.74) is 3.33. The average Bonchev–Trinajstić information content (AvgIpc) is 2.63. The number of para-hydroxylation sites is 1. The van der Waals surface area contributed by atoms with Gasteiger partial charge in [-0.2, -0.15) is 0 Å². The Kier molecular flexibility index (Phi) is 5.16. The van der Waals surface area contributed by atoms with Crippen molar-refractivity contribution in [2.24, 2.45) is 0 Å². The molecule has 1 amide bonds. The Morgan fingerprint density at radius 2 is 1.96 bits per heavy atom. The number of ether oxygens (including phenoxy) is 1. The Morgan fingerprint density at radius 1 is 1.21 bits per heavy atom. The van der Waals surface area contributed by atoms with E-state index in [0.717, 1.165) is 30.0 Å². The van der Waals surface area contributed by atoms with Crippen LogP contribution in [0.15, 0.2) is 48.5 Å². The maximum atomic E-state index is 12.9. The van der Waals surface area contributed by atoms with Crippen LogP contribution < -0.4 is 10.1 Å². The van der Waals surface area contributed by atoms with Gasteiger partial charge in [-0.05, 0) is 18.6 Å². The van der Waals surface area contributed by atoms with Gasteiger partial charge >= 0.3 is 0 Å². The molecule has 1 aliphatic rings. The molecule has 0 aliphatic carbocycles. The molecule has 3 rings (SSSR count). The minimum Gasteiger partial charge on any atom is -0.496 e. The summed E-state index contributed by atoms with van der Waals surface area (Å²) in [6, 6.07) is 16.1. The average molecular weight is 324 g/mol. The first-order chi connectivity index (χ1) is 11.7. The molecule has 1 unspecified atom stereocenters. The monoisotopic (exact) mass is 324 g/mol. The lowest BCUT2D eigenvalue weighted by molar-refractivity contribution is -0.133. The van der Waals surface area contributed by atoms with Gasteiger partial charge in [0.05, 0.1) is 19.6 Å². The molecule has 1 heterocycles. The summed E-state index contributed by atoms with van der Waals surface area (Å²) in [6.45, 7) is 4.35. The van der Waals surface area contributed by atoms with Crippen LogP contribution in [0.3, 0.4) is 0 Å². The van der Waals surface area contributed by atoms with Crippen molar-refractivity contribution < 1.29 is 9.53 Å². The molecule has 4 heteroatoms. The van der Waals surface area contributed by atoms with Gasteiger partial charge in [0.2, 0.25) is 5.91 Å². The lowest BCUT2D eigenvalue weighted by Gasteiger charge is -2.37. The second-order valence-electron chi connectivity index (χ2n) is 6.21. The quantitative estimate of drug-likeness (QED) is 0.940. The Hall–Kier alpha value is -2.33. The Morgan fingerprint density at radius 3 is 2.71 bits per heavy atom. The summed E-state index contributed by atoms with van der Waals surface area (Å²) in [6.07, 6.45) is 0.436. The van der Waals surface area contributed by atoms with Gasteiger partial charge in [0.1, 0.15) is 5.75 Å². The van der Waals surface area contributed by atoms with E-state index in [9.17, 15) is 4.79 Å². The highest BCUT2D eigenvalue weighted by Crippen LogP contribution is 2.30. The number of methoxy groups -OCH3 is 1. The summed E-state index contributed by atoms with van der Waals surface area (Å²) < 4.78 is 5.49. The Labute approximate surface area is 143 Å². The van der Waals surface area contributed by atoms with Gasteiger partial charge in [0.15, 0.2) is 0 Å². The second-order valence-corrected chi connectivity index (χ2v) is 6.21. The lowest BCUT2D eigenvalue weighted by Crippen LogP contribution is -2.49. The van der Waals surface area contributed by atoms with Crippen LogP contribution in [0, 0.1) is 6.92 Å². The van der Waals surface area contributed by atoms with E-state index in [-0.39, 0.29) is 11.9 Å². The number of piperazine rings is 1. The largest absolute Gasteiger partial charge is 0.496 e. The summed E-state index contributed by atoms with van der Waals surface area (Å²) in [7, 11) is 1.67. The molecule has 0 radical (unpaired) electrons. The van der Waals surface area contributed by atoms with Gasteiger partial charge in [-0.25, -0.2) is 0 Å². The van der Waals surface area contributed by atoms with E-state index in [1.54, 1.807) is 7.11 Å². The smallest absolute Gasteiger partial charge is 0.227 e. The predicted octanol–water partition coefficient (Wildman–Crippen LogP) is 2.72. The lowest BCUT2D eigenvalue weighted by atomic mass is 10.0. The number of carbonyl (C=O) groups excluding carboxylic acids is 1. The van der Waals surface area contributed by atoms with E-state index >= 15 is 0 Å². The number of rotatable bonds is 4. The normalized spacial score (nSPS) is 17.6. The van der Waals surface area contributed by atoms with Crippen molar-refractivity contribution in [1.82, 2.24) is 10.2 Å². The molecule has 0 saturated carbocycles. The zero-order valence-corrected chi connectivity index (χ0v) is 14.3. The summed E-state index contributed by atoms with van der Waals surface area (Å²) in [5.74, 6) is 0.996. The Bertz CT molecular complexity index is 697. The van der Waals surface area contributed by atoms with Gasteiger partial charge in [-0.15, -0.1) is 0 Å². The van der Waals surface area contributed by atoms with E-state index in [2.05, 4.69) is 24.4 Å². The van der Waals surface area contributed by atoms with Gasteiger partial charge < -0.3 is 15.0 Å². The first-order valence-electron chi connectivity index (χ1n) is 8.37. The fourth-order valence-corrected chi connectivity index (χ4v) is 3.20. The van der Waals surface area contributed by atoms with Crippen molar-refractivity contribution in [3.63, 3.8) is 0 Å². The standard InChI is InChI=1S/C20H24N2O2/c1-15-7-9-16(10-8-15)13-20(23)22-12-11-21-14-18(22)17-5-3-4-6-19(17)24-2/h3-10,18,21H,11-14H2,1-2H3. The van der Waals surface area contributed by atoms with Crippen molar-refractivity contribution in [3.05, 3.63) is 65.2 Å². The SMILES string of the molecule is COc1ccccc1C1CNCCN1C(=O)Cc1ccc(C)cc1. The molecule has 4 nitrogen and oxygen atoms in total. The van der Waals surface area contributed by atoms with E-state index in [1.165, 1.54) is 5.56 Å². The molecule has 2 aromatic rings. The molecule has 2 aromatic carbocycles. The van der Waals surface area contributed by atoms with Crippen LogP contribution >= 0.6 is 0 Å². The summed E-state index contributed by atoms with van der Waals surface area (Å²) in [5, 5.41) is 3.39. The van der Waals surface area contributed by atoms with Crippen LogP contribution in [0.2, 0.25) is 0 Å². The molecule has 24 heavy (non-hydrogen) atoms. The number of hydrogen-bond acceptors (Lipinski definition) is 3. The number of nitrogens with one attached hydrogen (secondary N) is 1. The first kappa shape index (κ1) is 16.5. The highest BCUT2D eigenvalue weighted by molar-refractivity contribution is 5.79. The van der Waals surface area contributed by atoms with Gasteiger partial charge in [0.25, 0.3) is 0 Å². The van der Waals surface area contributed by atoms with Crippen LogP contribution in [-0.2, 0) is 11.2 Å². The maximum absolute atomic E-state index is 12.9. The number of nitrogens with zero attached hydrogens (tertiary/aromatic N) is 1. The van der Waals surface area contributed by atoms with Crippen LogP contribution in [-0.4, -0.2) is 37.6 Å². The number of benzene rings is 2. The van der Waals surface area contributed by atoms with Gasteiger partial charge in [0, 0.05) is 25.2 Å². The second kappa shape index (κ2) is 7.49. The molecule has 1 atom stereocenters. The molecule has 1 aliphatic heterocycles. The van der Waals surface area contributed by atoms with Gasteiger partial charge in [-0.3, -0.25) is 4.79 Å². The zero-order valence-electron chi connectivity index (χ0n) is 14.3. The molecule has 126 valence electrons. The summed E-state index contributed by atoms with van der Waals surface area (Å²) in [4.78, 5) is 14.9. The minimum absolute atomic E-state index is 0.00727. The number of hydrogen-bond donors (Lipinski definition) is 1. The molecule has 1 N–H and O–H groups in total. The molecule has 0 spiro atoms. The van der Waals surface area contributed by atoms with Crippen molar-refractivity contribution in [2.75, 3.05) is 26.7 Å². The van der Waals surface area contributed by atoms with Crippen molar-refractivity contribution in [3.8, 4) is 5.75 Å². The van der Waals surface area contributed by atoms with Crippen LogP contribution in [0.5, 0.6) is 5.75 Å². The third-order valence-electron chi connectivity index (χ3n) is 4.54. The van der Waals surface area contributed by atoms with Crippen LogP contribution in [0.4, 0.5) is 0 Å². The Balaban J connectivity index is 1.81. The van der Waals surface area contributed by atoms with E-state index in [0.29, 0.717) is 13.0 Å². The van der Waals surface area contributed by atoms with Crippen LogP contribution in [0.25, 0.3) is 0 Å². The van der Waals surface area contributed by atoms with E-state index in [4.69, 9.17) is 4.74 Å². The number of amides is 1. The maximum Gasteiger partial charge on any atom is 0.227 e. The first-order valence-corrected chi connectivity index (χ1v) is 8.37. The molecule has 1 saturated heterocycles. The van der Waals surface area contributed by atoms with E-state index < -0.39 is 0 Å². The van der Waals surface area contributed by atoms with Crippen molar-refractivity contribution in [2.45, 2.75) is 19.4 Å².